The van der Waals surface area contributed by atoms with Gasteiger partial charge in [-0.25, -0.2) is 12.8 Å². The van der Waals surface area contributed by atoms with Crippen molar-refractivity contribution < 1.29 is 12.8 Å². The van der Waals surface area contributed by atoms with Crippen molar-refractivity contribution in [2.75, 3.05) is 32.9 Å². The minimum absolute atomic E-state index is 0.0868. The van der Waals surface area contributed by atoms with Crippen molar-refractivity contribution in [3.05, 3.63) is 23.0 Å². The zero-order chi connectivity index (χ0) is 16.4. The molecule has 1 rings (SSSR count). The third kappa shape index (κ3) is 4.06. The van der Waals surface area contributed by atoms with Crippen LogP contribution in [0.4, 0.5) is 10.1 Å². The number of nitrogen functional groups attached to an aromatic ring is 1. The van der Waals surface area contributed by atoms with Crippen LogP contribution in [0.25, 0.3) is 0 Å². The van der Waals surface area contributed by atoms with E-state index in [9.17, 15) is 12.8 Å². The molecule has 0 radical (unpaired) electrons. The van der Waals surface area contributed by atoms with Crippen LogP contribution in [0.1, 0.15) is 13.8 Å². The maximum Gasteiger partial charge on any atom is 0.246 e. The molecular formula is C13H21ClFN3O2S. The third-order valence-corrected chi connectivity index (χ3v) is 5.36. The molecule has 1 unspecified atom stereocenters. The molecule has 1 aromatic carbocycles. The molecule has 0 fully saturated rings. The number of benzene rings is 1. The van der Waals surface area contributed by atoms with Crippen molar-refractivity contribution in [1.82, 2.24) is 9.21 Å². The summed E-state index contributed by atoms with van der Waals surface area (Å²) in [4.78, 5) is 1.38. The molecule has 0 aliphatic rings. The Labute approximate surface area is 130 Å². The topological polar surface area (TPSA) is 66.6 Å². The van der Waals surface area contributed by atoms with Gasteiger partial charge in [0, 0.05) is 24.2 Å². The van der Waals surface area contributed by atoms with Crippen molar-refractivity contribution >= 4 is 27.3 Å². The largest absolute Gasteiger partial charge is 0.396 e. The van der Waals surface area contributed by atoms with Crippen LogP contribution in [0.2, 0.25) is 5.02 Å². The second-order valence-electron chi connectivity index (χ2n) is 5.13. The first-order chi connectivity index (χ1) is 9.61. The van der Waals surface area contributed by atoms with Gasteiger partial charge in [0.25, 0.3) is 0 Å². The van der Waals surface area contributed by atoms with Crippen molar-refractivity contribution in [1.29, 1.82) is 0 Å². The minimum Gasteiger partial charge on any atom is -0.396 e. The zero-order valence-electron chi connectivity index (χ0n) is 12.6. The first kappa shape index (κ1) is 18.2. The fraction of sp³-hybridized carbons (Fsp3) is 0.538. The number of anilines is 1. The Balaban J connectivity index is 3.32. The Morgan fingerprint density at radius 1 is 1.38 bits per heavy atom. The number of sulfonamides is 1. The molecule has 0 spiro atoms. The van der Waals surface area contributed by atoms with Crippen LogP contribution in [-0.4, -0.2) is 50.8 Å². The number of hydrogen-bond donors (Lipinski definition) is 1. The third-order valence-electron chi connectivity index (χ3n) is 3.05. The van der Waals surface area contributed by atoms with Crippen LogP contribution in [-0.2, 0) is 10.0 Å². The van der Waals surface area contributed by atoms with Crippen LogP contribution < -0.4 is 5.73 Å². The van der Waals surface area contributed by atoms with Crippen molar-refractivity contribution in [2.24, 2.45) is 0 Å². The minimum atomic E-state index is -4.00. The average Bonchev–Trinajstić information content (AvgIpc) is 2.32. The summed E-state index contributed by atoms with van der Waals surface area (Å²) in [6.45, 7) is 4.22. The molecule has 0 amide bonds. The number of likely N-dealkylation sites (N-methyl/N-ethyl adjacent to an activating group) is 2. The van der Waals surface area contributed by atoms with E-state index in [1.165, 1.54) is 10.4 Å². The molecule has 0 aromatic heterocycles. The molecule has 120 valence electrons. The average molecular weight is 338 g/mol. The monoisotopic (exact) mass is 337 g/mol. The van der Waals surface area contributed by atoms with Gasteiger partial charge in [0.1, 0.15) is 4.90 Å². The second kappa shape index (κ2) is 6.91. The van der Waals surface area contributed by atoms with Gasteiger partial charge in [-0.3, -0.25) is 0 Å². The maximum absolute atomic E-state index is 14.1. The molecule has 2 N–H and O–H groups in total. The van der Waals surface area contributed by atoms with E-state index in [1.54, 1.807) is 13.8 Å². The van der Waals surface area contributed by atoms with E-state index in [2.05, 4.69) is 0 Å². The first-order valence-electron chi connectivity index (χ1n) is 6.52. The molecule has 0 saturated heterocycles. The van der Waals surface area contributed by atoms with Gasteiger partial charge >= 0.3 is 0 Å². The summed E-state index contributed by atoms with van der Waals surface area (Å²) in [7, 11) is -0.320. The molecule has 0 heterocycles. The smallest absolute Gasteiger partial charge is 0.246 e. The van der Waals surface area contributed by atoms with Crippen molar-refractivity contribution in [3.63, 3.8) is 0 Å². The fourth-order valence-corrected chi connectivity index (χ4v) is 4.28. The van der Waals surface area contributed by atoms with Gasteiger partial charge in [0.2, 0.25) is 10.0 Å². The summed E-state index contributed by atoms with van der Waals surface area (Å²) in [5, 5.41) is 0.0868. The Hall–Kier alpha value is -0.890. The van der Waals surface area contributed by atoms with Gasteiger partial charge in [-0.2, -0.15) is 4.31 Å². The van der Waals surface area contributed by atoms with Gasteiger partial charge in [0.05, 0.1) is 5.69 Å². The summed E-state index contributed by atoms with van der Waals surface area (Å²) in [5.74, 6) is -0.963. The highest BCUT2D eigenvalue weighted by atomic mass is 35.5. The molecule has 0 bridgehead atoms. The lowest BCUT2D eigenvalue weighted by Crippen LogP contribution is -2.43. The SMILES string of the molecule is CCN(C(C)CN(C)C)S(=O)(=O)c1cc(Cl)cc(N)c1F. The Morgan fingerprint density at radius 2 is 1.95 bits per heavy atom. The lowest BCUT2D eigenvalue weighted by molar-refractivity contribution is 0.271. The number of hydrogen-bond acceptors (Lipinski definition) is 4. The van der Waals surface area contributed by atoms with Gasteiger partial charge in [-0.1, -0.05) is 18.5 Å². The molecule has 8 heteroatoms. The normalized spacial score (nSPS) is 13.9. The van der Waals surface area contributed by atoms with E-state index in [0.717, 1.165) is 6.07 Å². The van der Waals surface area contributed by atoms with Gasteiger partial charge in [-0.15, -0.1) is 0 Å². The summed E-state index contributed by atoms with van der Waals surface area (Å²) in [6.07, 6.45) is 0. The highest BCUT2D eigenvalue weighted by Gasteiger charge is 2.31. The number of rotatable bonds is 6. The summed E-state index contributed by atoms with van der Waals surface area (Å²) in [6, 6.07) is 1.97. The standard InChI is InChI=1S/C13H21ClFN3O2S/c1-5-18(9(2)8-17(3)4)21(19,20)12-7-10(14)6-11(16)13(12)15/h6-7,9H,5,8,16H2,1-4H3. The van der Waals surface area contributed by atoms with Crippen LogP contribution in [0.15, 0.2) is 17.0 Å². The Morgan fingerprint density at radius 3 is 2.43 bits per heavy atom. The first-order valence-corrected chi connectivity index (χ1v) is 8.34. The second-order valence-corrected chi connectivity index (χ2v) is 7.42. The zero-order valence-corrected chi connectivity index (χ0v) is 14.2. The van der Waals surface area contributed by atoms with Crippen molar-refractivity contribution in [2.45, 2.75) is 24.8 Å². The van der Waals surface area contributed by atoms with E-state index in [4.69, 9.17) is 17.3 Å². The molecule has 1 atom stereocenters. The van der Waals surface area contributed by atoms with E-state index < -0.39 is 20.7 Å². The van der Waals surface area contributed by atoms with Crippen LogP contribution >= 0.6 is 11.6 Å². The van der Waals surface area contributed by atoms with Crippen LogP contribution in [0.3, 0.4) is 0 Å². The van der Waals surface area contributed by atoms with Gasteiger partial charge in [-0.05, 0) is 33.2 Å². The maximum atomic E-state index is 14.1. The molecular weight excluding hydrogens is 317 g/mol. The summed E-state index contributed by atoms with van der Waals surface area (Å²) < 4.78 is 40.7. The van der Waals surface area contributed by atoms with Crippen molar-refractivity contribution in [3.8, 4) is 0 Å². The molecule has 21 heavy (non-hydrogen) atoms. The van der Waals surface area contributed by atoms with E-state index in [1.807, 2.05) is 19.0 Å². The predicted molar refractivity (Wildman–Crippen MR) is 83.4 cm³/mol. The number of nitrogens with two attached hydrogens (primary N) is 1. The molecule has 0 aliphatic heterocycles. The molecule has 1 aromatic rings. The van der Waals surface area contributed by atoms with E-state index in [-0.39, 0.29) is 23.3 Å². The summed E-state index contributed by atoms with van der Waals surface area (Å²) in [5.41, 5.74) is 5.19. The summed E-state index contributed by atoms with van der Waals surface area (Å²) >= 11 is 5.80. The number of nitrogens with zero attached hydrogens (tertiary/aromatic N) is 2. The molecule has 5 nitrogen and oxygen atoms in total. The number of halogens is 2. The molecule has 0 aliphatic carbocycles. The Kier molecular flexibility index (Phi) is 5.98. The lowest BCUT2D eigenvalue weighted by atomic mass is 10.3. The molecule has 0 saturated carbocycles. The highest BCUT2D eigenvalue weighted by molar-refractivity contribution is 7.89. The fourth-order valence-electron chi connectivity index (χ4n) is 2.24. The van der Waals surface area contributed by atoms with Gasteiger partial charge in [0.15, 0.2) is 5.82 Å². The van der Waals surface area contributed by atoms with E-state index >= 15 is 0 Å². The van der Waals surface area contributed by atoms with Crippen LogP contribution in [0, 0.1) is 5.82 Å². The van der Waals surface area contributed by atoms with E-state index in [0.29, 0.717) is 6.54 Å². The Bertz CT molecular complexity index is 608. The highest BCUT2D eigenvalue weighted by Crippen LogP contribution is 2.28. The predicted octanol–water partition coefficient (Wildman–Crippen LogP) is 2.02. The quantitative estimate of drug-likeness (QED) is 0.806. The lowest BCUT2D eigenvalue weighted by Gasteiger charge is -2.29. The van der Waals surface area contributed by atoms with Crippen LogP contribution in [0.5, 0.6) is 0 Å². The van der Waals surface area contributed by atoms with Gasteiger partial charge < -0.3 is 10.6 Å².